The quantitative estimate of drug-likeness (QED) is 0.907. The first-order valence-corrected chi connectivity index (χ1v) is 10.4. The second kappa shape index (κ2) is 7.42. The van der Waals surface area contributed by atoms with Gasteiger partial charge in [0, 0.05) is 37.9 Å². The van der Waals surface area contributed by atoms with E-state index in [2.05, 4.69) is 31.3 Å². The van der Waals surface area contributed by atoms with E-state index in [-0.39, 0.29) is 0 Å². The van der Waals surface area contributed by atoms with Crippen molar-refractivity contribution < 1.29 is 8.42 Å². The maximum Gasteiger partial charge on any atom is 0.281 e. The summed E-state index contributed by atoms with van der Waals surface area (Å²) in [5.74, 6) is 0.466. The third kappa shape index (κ3) is 3.92. The summed E-state index contributed by atoms with van der Waals surface area (Å²) in [6.07, 6.45) is 3.83. The normalized spacial score (nSPS) is 24.8. The number of para-hydroxylation sites is 1. The Morgan fingerprint density at radius 2 is 1.75 bits per heavy atom. The Hall–Kier alpha value is -1.11. The molecule has 1 atom stereocenters. The molecule has 0 unspecified atom stereocenters. The standard InChI is InChI=1S/C18H29N3O2S/c1-15-6-5-11-21(14-15)24(22,23)20-12-9-17(10-13-20)19-18-8-4-3-7-16(18)2/h3-4,7-8,15,17,19H,5-6,9-14H2,1-2H3/t15-/m1/s1. The number of piperidine rings is 2. The maximum absolute atomic E-state index is 12.8. The molecule has 2 aliphatic rings. The zero-order valence-electron chi connectivity index (χ0n) is 14.7. The Morgan fingerprint density at radius 3 is 2.42 bits per heavy atom. The van der Waals surface area contributed by atoms with E-state index in [4.69, 9.17) is 0 Å². The monoisotopic (exact) mass is 351 g/mol. The Labute approximate surface area is 146 Å². The summed E-state index contributed by atoms with van der Waals surface area (Å²) in [6, 6.07) is 8.60. The van der Waals surface area contributed by atoms with E-state index < -0.39 is 10.2 Å². The van der Waals surface area contributed by atoms with Gasteiger partial charge in [0.05, 0.1) is 0 Å². The molecule has 2 saturated heterocycles. The van der Waals surface area contributed by atoms with Crippen LogP contribution >= 0.6 is 0 Å². The summed E-state index contributed by atoms with van der Waals surface area (Å²) in [6.45, 7) is 6.80. The fraction of sp³-hybridized carbons (Fsp3) is 0.667. The van der Waals surface area contributed by atoms with Crippen LogP contribution in [0.3, 0.4) is 0 Å². The third-order valence-corrected chi connectivity index (χ3v) is 7.23. The summed E-state index contributed by atoms with van der Waals surface area (Å²) in [5.41, 5.74) is 2.39. The highest BCUT2D eigenvalue weighted by Gasteiger charge is 2.34. The molecule has 1 N–H and O–H groups in total. The van der Waals surface area contributed by atoms with Crippen molar-refractivity contribution in [1.82, 2.24) is 8.61 Å². The molecule has 0 amide bonds. The van der Waals surface area contributed by atoms with Crippen molar-refractivity contribution in [2.45, 2.75) is 45.6 Å². The van der Waals surface area contributed by atoms with Gasteiger partial charge in [-0.25, -0.2) is 0 Å². The molecule has 2 heterocycles. The van der Waals surface area contributed by atoms with Crippen molar-refractivity contribution in [2.24, 2.45) is 5.92 Å². The van der Waals surface area contributed by atoms with Crippen molar-refractivity contribution in [2.75, 3.05) is 31.5 Å². The number of anilines is 1. The van der Waals surface area contributed by atoms with Crippen molar-refractivity contribution in [1.29, 1.82) is 0 Å². The van der Waals surface area contributed by atoms with E-state index in [1.54, 1.807) is 8.61 Å². The average molecular weight is 352 g/mol. The van der Waals surface area contributed by atoms with Crippen molar-refractivity contribution in [3.8, 4) is 0 Å². The van der Waals surface area contributed by atoms with Gasteiger partial charge in [-0.1, -0.05) is 25.1 Å². The van der Waals surface area contributed by atoms with Crippen molar-refractivity contribution in [3.05, 3.63) is 29.8 Å². The average Bonchev–Trinajstić information content (AvgIpc) is 2.57. The fourth-order valence-corrected chi connectivity index (χ4v) is 5.51. The second-order valence-electron chi connectivity index (χ2n) is 7.25. The van der Waals surface area contributed by atoms with Crippen LogP contribution in [0.4, 0.5) is 5.69 Å². The summed E-state index contributed by atoms with van der Waals surface area (Å²) >= 11 is 0. The fourth-order valence-electron chi connectivity index (χ4n) is 3.70. The van der Waals surface area contributed by atoms with E-state index in [0.717, 1.165) is 31.4 Å². The number of benzene rings is 1. The number of hydrogen-bond donors (Lipinski definition) is 1. The highest BCUT2D eigenvalue weighted by atomic mass is 32.2. The summed E-state index contributed by atoms with van der Waals surface area (Å²) in [4.78, 5) is 0. The molecule has 3 rings (SSSR count). The molecule has 0 radical (unpaired) electrons. The Morgan fingerprint density at radius 1 is 1.04 bits per heavy atom. The largest absolute Gasteiger partial charge is 0.382 e. The van der Waals surface area contributed by atoms with Gasteiger partial charge in [-0.3, -0.25) is 0 Å². The molecule has 24 heavy (non-hydrogen) atoms. The van der Waals surface area contributed by atoms with E-state index in [1.165, 1.54) is 5.56 Å². The van der Waals surface area contributed by atoms with Gasteiger partial charge >= 0.3 is 0 Å². The molecule has 5 nitrogen and oxygen atoms in total. The van der Waals surface area contributed by atoms with Gasteiger partial charge in [-0.2, -0.15) is 17.0 Å². The smallest absolute Gasteiger partial charge is 0.281 e. The highest BCUT2D eigenvalue weighted by Crippen LogP contribution is 2.25. The lowest BCUT2D eigenvalue weighted by atomic mass is 10.0. The van der Waals surface area contributed by atoms with E-state index in [9.17, 15) is 8.42 Å². The van der Waals surface area contributed by atoms with Crippen LogP contribution in [-0.4, -0.2) is 49.2 Å². The van der Waals surface area contributed by atoms with Crippen LogP contribution < -0.4 is 5.32 Å². The van der Waals surface area contributed by atoms with Crippen LogP contribution in [0.15, 0.2) is 24.3 Å². The van der Waals surface area contributed by atoms with Gasteiger partial charge in [-0.15, -0.1) is 0 Å². The van der Waals surface area contributed by atoms with Gasteiger partial charge in [0.1, 0.15) is 0 Å². The van der Waals surface area contributed by atoms with E-state index in [0.29, 0.717) is 38.1 Å². The van der Waals surface area contributed by atoms with Crippen LogP contribution in [0.25, 0.3) is 0 Å². The van der Waals surface area contributed by atoms with Gasteiger partial charge in [-0.05, 0) is 50.2 Å². The predicted octanol–water partition coefficient (Wildman–Crippen LogP) is 2.85. The number of nitrogens with one attached hydrogen (secondary N) is 1. The molecular weight excluding hydrogens is 322 g/mol. The Kier molecular flexibility index (Phi) is 5.47. The minimum Gasteiger partial charge on any atom is -0.382 e. The third-order valence-electron chi connectivity index (χ3n) is 5.23. The van der Waals surface area contributed by atoms with E-state index in [1.807, 2.05) is 12.1 Å². The van der Waals surface area contributed by atoms with Crippen molar-refractivity contribution in [3.63, 3.8) is 0 Å². The molecule has 6 heteroatoms. The zero-order valence-corrected chi connectivity index (χ0v) is 15.6. The summed E-state index contributed by atoms with van der Waals surface area (Å²) < 4.78 is 29.0. The summed E-state index contributed by atoms with van der Waals surface area (Å²) in [5, 5.41) is 3.57. The Bertz CT molecular complexity index is 654. The maximum atomic E-state index is 12.8. The second-order valence-corrected chi connectivity index (χ2v) is 9.17. The van der Waals surface area contributed by atoms with Gasteiger partial charge in [0.2, 0.25) is 0 Å². The molecule has 0 spiro atoms. The van der Waals surface area contributed by atoms with E-state index >= 15 is 0 Å². The lowest BCUT2D eigenvalue weighted by molar-refractivity contribution is 0.244. The van der Waals surface area contributed by atoms with Crippen LogP contribution in [0.5, 0.6) is 0 Å². The van der Waals surface area contributed by atoms with Gasteiger partial charge in [0.15, 0.2) is 0 Å². The minimum absolute atomic E-state index is 0.345. The van der Waals surface area contributed by atoms with Crippen LogP contribution in [-0.2, 0) is 10.2 Å². The lowest BCUT2D eigenvalue weighted by Gasteiger charge is -2.38. The number of nitrogens with zero attached hydrogens (tertiary/aromatic N) is 2. The minimum atomic E-state index is -3.28. The molecule has 2 fully saturated rings. The number of aryl methyl sites for hydroxylation is 1. The first kappa shape index (κ1) is 17.7. The molecular formula is C18H29N3O2S. The summed E-state index contributed by atoms with van der Waals surface area (Å²) in [7, 11) is -3.28. The topological polar surface area (TPSA) is 52.7 Å². The zero-order chi connectivity index (χ0) is 17.2. The number of hydrogen-bond acceptors (Lipinski definition) is 3. The van der Waals surface area contributed by atoms with Crippen molar-refractivity contribution >= 4 is 15.9 Å². The van der Waals surface area contributed by atoms with Gasteiger partial charge in [0.25, 0.3) is 10.2 Å². The number of rotatable bonds is 4. The first-order valence-electron chi connectivity index (χ1n) is 9.04. The highest BCUT2D eigenvalue weighted by molar-refractivity contribution is 7.86. The molecule has 2 aliphatic heterocycles. The molecule has 0 bridgehead atoms. The molecule has 1 aromatic carbocycles. The molecule has 1 aromatic rings. The lowest BCUT2D eigenvalue weighted by Crippen LogP contribution is -2.51. The predicted molar refractivity (Wildman–Crippen MR) is 98.3 cm³/mol. The molecule has 0 saturated carbocycles. The SMILES string of the molecule is Cc1ccccc1NC1CCN(S(=O)(=O)N2CCC[C@@H](C)C2)CC1. The molecule has 0 aliphatic carbocycles. The van der Waals surface area contributed by atoms with Crippen LogP contribution in [0, 0.1) is 12.8 Å². The molecule has 0 aromatic heterocycles. The van der Waals surface area contributed by atoms with Gasteiger partial charge < -0.3 is 5.32 Å². The van der Waals surface area contributed by atoms with Crippen LogP contribution in [0.1, 0.15) is 38.2 Å². The van der Waals surface area contributed by atoms with Crippen LogP contribution in [0.2, 0.25) is 0 Å². The molecule has 134 valence electrons. The first-order chi connectivity index (χ1) is 11.5. The Balaban J connectivity index is 1.57.